The average Bonchev–Trinajstić information content (AvgIpc) is 2.69. The van der Waals surface area contributed by atoms with Crippen molar-refractivity contribution in [1.29, 1.82) is 0 Å². The molecule has 0 fully saturated rings. The molecule has 2 amide bonds. The van der Waals surface area contributed by atoms with Crippen LogP contribution in [0.5, 0.6) is 11.5 Å². The van der Waals surface area contributed by atoms with E-state index >= 15 is 0 Å². The Balaban J connectivity index is 1.57. The lowest BCUT2D eigenvalue weighted by molar-refractivity contribution is -0.123. The molecule has 2 aromatic carbocycles. The van der Waals surface area contributed by atoms with E-state index in [0.29, 0.717) is 19.5 Å². The number of ether oxygens (including phenoxy) is 2. The molecule has 2 N–H and O–H groups in total. The first-order chi connectivity index (χ1) is 13.8. The molecular weight excluding hydrogens is 382 g/mol. The van der Waals surface area contributed by atoms with Crippen LogP contribution in [0.3, 0.4) is 0 Å². The summed E-state index contributed by atoms with van der Waals surface area (Å²) >= 11 is 0. The van der Waals surface area contributed by atoms with E-state index in [9.17, 15) is 18.4 Å². The van der Waals surface area contributed by atoms with Gasteiger partial charge >= 0.3 is 0 Å². The minimum absolute atomic E-state index is 0.0254. The van der Waals surface area contributed by atoms with Gasteiger partial charge in [-0.3, -0.25) is 9.59 Å². The van der Waals surface area contributed by atoms with Gasteiger partial charge in [-0.25, -0.2) is 8.78 Å². The van der Waals surface area contributed by atoms with E-state index in [1.165, 1.54) is 24.3 Å². The maximum atomic E-state index is 13.5. The zero-order valence-corrected chi connectivity index (χ0v) is 16.4. The number of benzene rings is 2. The highest BCUT2D eigenvalue weighted by atomic mass is 19.1. The summed E-state index contributed by atoms with van der Waals surface area (Å²) in [5.74, 6) is -1.79. The third-order valence-electron chi connectivity index (χ3n) is 3.89. The Labute approximate surface area is 168 Å². The Morgan fingerprint density at radius 3 is 1.62 bits per heavy atom. The van der Waals surface area contributed by atoms with Gasteiger partial charge in [0.05, 0.1) is 0 Å². The second kappa shape index (κ2) is 11.0. The molecule has 6 nitrogen and oxygen atoms in total. The van der Waals surface area contributed by atoms with Crippen LogP contribution in [0.15, 0.2) is 36.4 Å². The topological polar surface area (TPSA) is 76.7 Å². The van der Waals surface area contributed by atoms with E-state index < -0.39 is 23.4 Å². The predicted molar refractivity (Wildman–Crippen MR) is 104 cm³/mol. The van der Waals surface area contributed by atoms with Crippen LogP contribution < -0.4 is 20.1 Å². The Morgan fingerprint density at radius 2 is 1.21 bits per heavy atom. The third-order valence-corrected chi connectivity index (χ3v) is 3.89. The number of carbonyl (C=O) groups is 2. The van der Waals surface area contributed by atoms with Crippen LogP contribution in [0.4, 0.5) is 8.78 Å². The predicted octanol–water partition coefficient (Wildman–Crippen LogP) is 2.66. The second-order valence-corrected chi connectivity index (χ2v) is 6.50. The van der Waals surface area contributed by atoms with Crippen molar-refractivity contribution in [2.75, 3.05) is 26.3 Å². The molecule has 2 rings (SSSR count). The molecule has 0 unspecified atom stereocenters. The maximum absolute atomic E-state index is 13.5. The van der Waals surface area contributed by atoms with Crippen molar-refractivity contribution in [2.24, 2.45) is 0 Å². The molecule has 0 bridgehead atoms. The quantitative estimate of drug-likeness (QED) is 0.595. The zero-order valence-electron chi connectivity index (χ0n) is 16.4. The van der Waals surface area contributed by atoms with Crippen LogP contribution in [-0.2, 0) is 9.59 Å². The molecule has 0 aliphatic heterocycles. The molecule has 0 aliphatic carbocycles. The molecule has 8 heteroatoms. The molecular formula is C21H24F2N2O4. The largest absolute Gasteiger partial charge is 0.481 e. The first-order valence-corrected chi connectivity index (χ1v) is 9.16. The average molecular weight is 406 g/mol. The Kier molecular flexibility index (Phi) is 8.39. The highest BCUT2D eigenvalue weighted by molar-refractivity contribution is 5.78. The van der Waals surface area contributed by atoms with Gasteiger partial charge in [-0.1, -0.05) is 12.1 Å². The van der Waals surface area contributed by atoms with E-state index in [2.05, 4.69) is 10.6 Å². The summed E-state index contributed by atoms with van der Waals surface area (Å²) in [6.07, 6.45) is 0.481. The van der Waals surface area contributed by atoms with Crippen molar-refractivity contribution >= 4 is 11.8 Å². The second-order valence-electron chi connectivity index (χ2n) is 6.50. The van der Waals surface area contributed by atoms with Crippen LogP contribution in [0.2, 0.25) is 0 Å². The molecule has 29 heavy (non-hydrogen) atoms. The van der Waals surface area contributed by atoms with E-state index in [4.69, 9.17) is 9.47 Å². The van der Waals surface area contributed by atoms with Crippen molar-refractivity contribution in [2.45, 2.75) is 20.3 Å². The number of nitrogens with one attached hydrogen (secondary N) is 2. The molecule has 0 spiro atoms. The molecule has 0 atom stereocenters. The summed E-state index contributed by atoms with van der Waals surface area (Å²) < 4.78 is 37.4. The van der Waals surface area contributed by atoms with Crippen molar-refractivity contribution in [1.82, 2.24) is 10.6 Å². The zero-order chi connectivity index (χ0) is 21.2. The summed E-state index contributed by atoms with van der Waals surface area (Å²) in [6.45, 7) is 3.61. The van der Waals surface area contributed by atoms with Crippen LogP contribution in [0.25, 0.3) is 0 Å². The van der Waals surface area contributed by atoms with Crippen LogP contribution in [-0.4, -0.2) is 38.1 Å². The first-order valence-electron chi connectivity index (χ1n) is 9.16. The van der Waals surface area contributed by atoms with Gasteiger partial charge in [0.1, 0.15) is 0 Å². The van der Waals surface area contributed by atoms with E-state index in [-0.39, 0.29) is 24.7 Å². The van der Waals surface area contributed by atoms with Gasteiger partial charge in [0.25, 0.3) is 11.8 Å². The Hall–Kier alpha value is -3.16. The molecule has 0 heterocycles. The minimum atomic E-state index is -0.529. The molecule has 0 aromatic heterocycles. The van der Waals surface area contributed by atoms with Crippen molar-refractivity contribution in [3.05, 3.63) is 59.2 Å². The lowest BCUT2D eigenvalue weighted by Gasteiger charge is -2.10. The van der Waals surface area contributed by atoms with Crippen molar-refractivity contribution in [3.8, 4) is 11.5 Å². The fourth-order valence-electron chi connectivity index (χ4n) is 2.38. The molecule has 156 valence electrons. The van der Waals surface area contributed by atoms with Gasteiger partial charge in [0.2, 0.25) is 0 Å². The van der Waals surface area contributed by atoms with Gasteiger partial charge < -0.3 is 20.1 Å². The number of amides is 2. The molecule has 0 saturated heterocycles. The summed E-state index contributed by atoms with van der Waals surface area (Å²) in [7, 11) is 0. The number of hydrogen-bond acceptors (Lipinski definition) is 4. The highest BCUT2D eigenvalue weighted by Gasteiger charge is 2.08. The summed E-state index contributed by atoms with van der Waals surface area (Å²) in [5.41, 5.74) is 1.65. The van der Waals surface area contributed by atoms with Crippen molar-refractivity contribution < 1.29 is 27.8 Å². The molecule has 0 radical (unpaired) electrons. The van der Waals surface area contributed by atoms with Crippen LogP contribution in [0, 0.1) is 25.5 Å². The lowest BCUT2D eigenvalue weighted by Crippen LogP contribution is -2.34. The monoisotopic (exact) mass is 406 g/mol. The number of halogens is 2. The summed E-state index contributed by atoms with van der Waals surface area (Å²) in [6, 6.07) is 8.81. The van der Waals surface area contributed by atoms with E-state index in [1.54, 1.807) is 26.0 Å². The van der Waals surface area contributed by atoms with Gasteiger partial charge in [-0.05, 0) is 55.7 Å². The van der Waals surface area contributed by atoms with Crippen molar-refractivity contribution in [3.63, 3.8) is 0 Å². The summed E-state index contributed by atoms with van der Waals surface area (Å²) in [5, 5.41) is 5.23. The summed E-state index contributed by atoms with van der Waals surface area (Å²) in [4.78, 5) is 23.5. The Bertz CT molecular complexity index is 789. The number of hydrogen-bond donors (Lipinski definition) is 2. The molecule has 0 aliphatic rings. The maximum Gasteiger partial charge on any atom is 0.257 e. The fourth-order valence-corrected chi connectivity index (χ4v) is 2.38. The standard InChI is InChI=1S/C21H24F2N2O4/c1-14-4-6-16(22)18(10-14)28-12-20(26)24-8-3-9-25-21(27)13-29-19-11-15(2)5-7-17(19)23/h4-7,10-11H,3,8-9,12-13H2,1-2H3,(H,24,26)(H,25,27). The van der Waals surface area contributed by atoms with Crippen LogP contribution in [0.1, 0.15) is 17.5 Å². The van der Waals surface area contributed by atoms with Crippen LogP contribution >= 0.6 is 0 Å². The lowest BCUT2D eigenvalue weighted by atomic mass is 10.2. The molecule has 2 aromatic rings. The number of rotatable bonds is 10. The van der Waals surface area contributed by atoms with E-state index in [1.807, 2.05) is 0 Å². The normalized spacial score (nSPS) is 10.3. The Morgan fingerprint density at radius 1 is 0.793 bits per heavy atom. The van der Waals surface area contributed by atoms with Gasteiger partial charge in [-0.15, -0.1) is 0 Å². The number of aryl methyl sites for hydroxylation is 2. The van der Waals surface area contributed by atoms with E-state index in [0.717, 1.165) is 11.1 Å². The smallest absolute Gasteiger partial charge is 0.257 e. The van der Waals surface area contributed by atoms with Gasteiger partial charge in [-0.2, -0.15) is 0 Å². The number of carbonyl (C=O) groups excluding carboxylic acids is 2. The SMILES string of the molecule is Cc1ccc(F)c(OCC(=O)NCCCNC(=O)COc2cc(C)ccc2F)c1. The fraction of sp³-hybridized carbons (Fsp3) is 0.333. The highest BCUT2D eigenvalue weighted by Crippen LogP contribution is 2.18. The minimum Gasteiger partial charge on any atom is -0.481 e. The third kappa shape index (κ3) is 7.77. The van der Waals surface area contributed by atoms with Gasteiger partial charge in [0.15, 0.2) is 36.3 Å². The van der Waals surface area contributed by atoms with Gasteiger partial charge in [0, 0.05) is 13.1 Å². The first kappa shape index (κ1) is 22.1. The molecule has 0 saturated carbocycles.